The van der Waals surface area contributed by atoms with Gasteiger partial charge in [0.2, 0.25) is 0 Å². The molecule has 0 unspecified atom stereocenters. The summed E-state index contributed by atoms with van der Waals surface area (Å²) in [5.41, 5.74) is 10.4. The molecule has 1 heterocycles. The van der Waals surface area contributed by atoms with Gasteiger partial charge in [-0.3, -0.25) is 9.59 Å². The lowest BCUT2D eigenvalue weighted by Crippen LogP contribution is -2.42. The van der Waals surface area contributed by atoms with Gasteiger partial charge in [0.25, 0.3) is 5.91 Å². The van der Waals surface area contributed by atoms with E-state index in [9.17, 15) is 14.4 Å². The highest BCUT2D eigenvalue weighted by atomic mass is 16.4. The minimum absolute atomic E-state index is 0.172. The molecular formula is C11H15N5O5. The van der Waals surface area contributed by atoms with E-state index in [-0.39, 0.29) is 29.4 Å². The van der Waals surface area contributed by atoms with Gasteiger partial charge in [-0.1, -0.05) is 0 Å². The van der Waals surface area contributed by atoms with E-state index < -0.39 is 30.3 Å². The number of nitrogens with one attached hydrogen (secondary N) is 1. The molecule has 10 nitrogen and oxygen atoms in total. The van der Waals surface area contributed by atoms with Crippen LogP contribution < -0.4 is 16.8 Å². The second-order valence-corrected chi connectivity index (χ2v) is 4.12. The number of aromatic nitrogens is 2. The fraction of sp³-hybridized carbons (Fsp3) is 0.364. The Bertz CT molecular complexity index is 589. The van der Waals surface area contributed by atoms with Crippen molar-refractivity contribution in [2.45, 2.75) is 19.4 Å². The summed E-state index contributed by atoms with van der Waals surface area (Å²) in [5, 5.41) is 19.7. The van der Waals surface area contributed by atoms with Crippen LogP contribution in [0.15, 0.2) is 0 Å². The highest BCUT2D eigenvalue weighted by molar-refractivity contribution is 6.01. The number of Topliss-reactive ketones (excluding diaryl/α,β-unsaturated/α-hetero) is 1. The van der Waals surface area contributed by atoms with Crippen molar-refractivity contribution in [3.8, 4) is 0 Å². The van der Waals surface area contributed by atoms with Gasteiger partial charge in [0, 0.05) is 20.0 Å². The van der Waals surface area contributed by atoms with E-state index in [4.69, 9.17) is 21.7 Å². The molecule has 21 heavy (non-hydrogen) atoms. The van der Waals surface area contributed by atoms with E-state index in [1.807, 2.05) is 0 Å². The molecule has 0 fully saturated rings. The van der Waals surface area contributed by atoms with Crippen molar-refractivity contribution in [1.29, 1.82) is 0 Å². The van der Waals surface area contributed by atoms with E-state index in [1.54, 1.807) is 0 Å². The molecule has 0 bridgehead atoms. The second kappa shape index (κ2) is 6.61. The number of ketones is 1. The Morgan fingerprint density at radius 2 is 1.71 bits per heavy atom. The lowest BCUT2D eigenvalue weighted by molar-refractivity contribution is -0.139. The number of nitrogens with zero attached hydrogens (tertiary/aromatic N) is 2. The Kier molecular flexibility index (Phi) is 5.13. The molecule has 1 aromatic rings. The normalized spacial score (nSPS) is 11.7. The van der Waals surface area contributed by atoms with Gasteiger partial charge in [-0.2, -0.15) is 0 Å². The van der Waals surface area contributed by atoms with Crippen molar-refractivity contribution in [1.82, 2.24) is 15.3 Å². The van der Waals surface area contributed by atoms with Crippen LogP contribution in [0.1, 0.15) is 34.3 Å². The van der Waals surface area contributed by atoms with Crippen molar-refractivity contribution in [3.63, 3.8) is 0 Å². The van der Waals surface area contributed by atoms with E-state index in [0.29, 0.717) is 0 Å². The molecule has 1 amide bonds. The number of aliphatic hydroxyl groups is 1. The zero-order valence-corrected chi connectivity index (χ0v) is 11.2. The number of nitrogen functional groups attached to an aromatic ring is 2. The second-order valence-electron chi connectivity index (χ2n) is 4.12. The number of carboxylic acid groups (broad SMARTS) is 1. The predicted molar refractivity (Wildman–Crippen MR) is 71.5 cm³/mol. The third-order valence-electron chi connectivity index (χ3n) is 2.52. The molecule has 0 saturated heterocycles. The largest absolute Gasteiger partial charge is 0.480 e. The van der Waals surface area contributed by atoms with Gasteiger partial charge in [-0.25, -0.2) is 14.8 Å². The molecule has 7 N–H and O–H groups in total. The maximum Gasteiger partial charge on any atom is 0.326 e. The fourth-order valence-corrected chi connectivity index (χ4v) is 1.50. The highest BCUT2D eigenvalue weighted by Gasteiger charge is 2.24. The Morgan fingerprint density at radius 3 is 2.19 bits per heavy atom. The number of carboxylic acids is 1. The molecule has 0 aromatic carbocycles. The maximum absolute atomic E-state index is 11.9. The molecule has 1 atom stereocenters. The van der Waals surface area contributed by atoms with Gasteiger partial charge in [-0.15, -0.1) is 0 Å². The van der Waals surface area contributed by atoms with Gasteiger partial charge < -0.3 is 27.0 Å². The Morgan fingerprint density at radius 1 is 1.19 bits per heavy atom. The first-order valence-electron chi connectivity index (χ1n) is 5.86. The molecule has 0 aliphatic carbocycles. The van der Waals surface area contributed by atoms with Crippen LogP contribution in [0.2, 0.25) is 0 Å². The van der Waals surface area contributed by atoms with E-state index >= 15 is 0 Å². The summed E-state index contributed by atoms with van der Waals surface area (Å²) in [7, 11) is 0. The van der Waals surface area contributed by atoms with Crippen molar-refractivity contribution in [3.05, 3.63) is 11.4 Å². The first-order valence-corrected chi connectivity index (χ1v) is 5.86. The van der Waals surface area contributed by atoms with E-state index in [0.717, 1.165) is 0 Å². The number of aliphatic carboxylic acids is 1. The maximum atomic E-state index is 11.9. The number of aliphatic hydroxyl groups excluding tert-OH is 1. The number of rotatable bonds is 6. The van der Waals surface area contributed by atoms with Crippen LogP contribution in [0.3, 0.4) is 0 Å². The number of hydrogen-bond donors (Lipinski definition) is 5. The monoisotopic (exact) mass is 297 g/mol. The number of hydrogen-bond acceptors (Lipinski definition) is 8. The van der Waals surface area contributed by atoms with E-state index in [1.165, 1.54) is 6.92 Å². The summed E-state index contributed by atoms with van der Waals surface area (Å²) in [6.45, 7) is 0.783. The molecule has 0 spiro atoms. The molecule has 0 aliphatic rings. The molecule has 0 saturated carbocycles. The van der Waals surface area contributed by atoms with Gasteiger partial charge >= 0.3 is 5.97 Å². The zero-order chi connectivity index (χ0) is 16.2. The fourth-order valence-electron chi connectivity index (χ4n) is 1.50. The smallest absolute Gasteiger partial charge is 0.326 e. The number of nitrogens with two attached hydrogens (primary N) is 2. The lowest BCUT2D eigenvalue weighted by atomic mass is 10.2. The summed E-state index contributed by atoms with van der Waals surface area (Å²) in [6, 6.07) is -1.31. The Balaban J connectivity index is 3.05. The summed E-state index contributed by atoms with van der Waals surface area (Å²) in [4.78, 5) is 41.3. The van der Waals surface area contributed by atoms with Gasteiger partial charge in [0.15, 0.2) is 28.8 Å². The van der Waals surface area contributed by atoms with Crippen molar-refractivity contribution >= 4 is 29.3 Å². The number of anilines is 2. The molecule has 0 aliphatic heterocycles. The van der Waals surface area contributed by atoms with Crippen LogP contribution >= 0.6 is 0 Å². The van der Waals surface area contributed by atoms with Crippen LogP contribution in [0.5, 0.6) is 0 Å². The minimum atomic E-state index is -1.32. The van der Waals surface area contributed by atoms with E-state index in [2.05, 4.69) is 15.3 Å². The average molecular weight is 297 g/mol. The van der Waals surface area contributed by atoms with Crippen molar-refractivity contribution < 1.29 is 24.6 Å². The Labute approximate surface area is 119 Å². The number of carbonyl (C=O) groups is 3. The average Bonchev–Trinajstić information content (AvgIpc) is 2.39. The summed E-state index contributed by atoms with van der Waals surface area (Å²) in [6.07, 6.45) is -0.185. The number of carbonyl (C=O) groups excluding carboxylic acids is 2. The minimum Gasteiger partial charge on any atom is -0.480 e. The lowest BCUT2D eigenvalue weighted by Gasteiger charge is -2.14. The highest BCUT2D eigenvalue weighted by Crippen LogP contribution is 2.13. The first-order chi connectivity index (χ1) is 9.77. The van der Waals surface area contributed by atoms with Crippen molar-refractivity contribution in [2.24, 2.45) is 0 Å². The van der Waals surface area contributed by atoms with Crippen LogP contribution in [-0.2, 0) is 4.79 Å². The predicted octanol–water partition coefficient (Wildman–Crippen LogP) is -1.59. The Hall–Kier alpha value is -2.75. The molecular weight excluding hydrogens is 282 g/mol. The topological polar surface area (TPSA) is 182 Å². The third kappa shape index (κ3) is 3.86. The molecule has 10 heteroatoms. The third-order valence-corrected chi connectivity index (χ3v) is 2.52. The molecule has 114 valence electrons. The van der Waals surface area contributed by atoms with Gasteiger partial charge in [-0.05, 0) is 0 Å². The zero-order valence-electron chi connectivity index (χ0n) is 11.2. The SMILES string of the molecule is CC(=O)c1nc(N)c(C(=O)N[C@H](CCO)C(=O)O)nc1N. The number of amides is 1. The molecule has 1 rings (SSSR count). The standard InChI is InChI=1S/C11H15N5O5/c1-4(18)6-8(12)16-7(9(13)15-6)10(19)14-5(2-3-17)11(20)21/h5,17H,2-3H2,1H3,(H2,12,16)(H2,13,15)(H,14,19)(H,20,21)/t5-/m1/s1. The molecule has 1 aromatic heterocycles. The van der Waals surface area contributed by atoms with Gasteiger partial charge in [0.1, 0.15) is 6.04 Å². The van der Waals surface area contributed by atoms with Crippen LogP contribution in [-0.4, -0.2) is 50.5 Å². The summed E-state index contributed by atoms with van der Waals surface area (Å²) in [5.74, 6) is -3.34. The van der Waals surface area contributed by atoms with Crippen LogP contribution in [0.25, 0.3) is 0 Å². The molecule has 0 radical (unpaired) electrons. The van der Waals surface area contributed by atoms with Crippen molar-refractivity contribution in [2.75, 3.05) is 18.1 Å². The van der Waals surface area contributed by atoms with Crippen LogP contribution in [0, 0.1) is 0 Å². The van der Waals surface area contributed by atoms with Crippen LogP contribution in [0.4, 0.5) is 11.6 Å². The van der Waals surface area contributed by atoms with Gasteiger partial charge in [0.05, 0.1) is 0 Å². The summed E-state index contributed by atoms with van der Waals surface area (Å²) >= 11 is 0. The summed E-state index contributed by atoms with van der Waals surface area (Å²) < 4.78 is 0. The quantitative estimate of drug-likeness (QED) is 0.386. The first kappa shape index (κ1) is 16.3.